The molecule has 1 atom stereocenters. The number of aryl methyl sites for hydroxylation is 2. The fraction of sp³-hybridized carbons (Fsp3) is 0.208. The number of carbonyl (C=O) groups is 2. The van der Waals surface area contributed by atoms with Crippen LogP contribution in [0.15, 0.2) is 64.7 Å². The van der Waals surface area contributed by atoms with Crippen molar-refractivity contribution >= 4 is 17.4 Å². The van der Waals surface area contributed by atoms with E-state index in [2.05, 4.69) is 4.98 Å². The molecule has 0 radical (unpaired) electrons. The lowest BCUT2D eigenvalue weighted by atomic mass is 9.97. The molecule has 1 N–H and O–H groups in total. The van der Waals surface area contributed by atoms with Crippen LogP contribution in [0, 0.1) is 13.8 Å². The molecule has 1 aliphatic heterocycles. The maximum Gasteiger partial charge on any atom is 0.296 e. The van der Waals surface area contributed by atoms with Crippen LogP contribution >= 0.6 is 0 Å². The summed E-state index contributed by atoms with van der Waals surface area (Å²) in [6.45, 7) is 3.68. The van der Waals surface area contributed by atoms with Crippen molar-refractivity contribution in [3.63, 3.8) is 0 Å². The van der Waals surface area contributed by atoms with Gasteiger partial charge in [-0.1, -0.05) is 6.07 Å². The molecule has 2 aromatic heterocycles. The number of methoxy groups -OCH3 is 1. The maximum atomic E-state index is 13.0. The molecule has 3 heterocycles. The largest absolute Gasteiger partial charge is 0.507 e. The Labute approximate surface area is 179 Å². The second-order valence-corrected chi connectivity index (χ2v) is 7.38. The number of hydrogen-bond donors (Lipinski definition) is 1. The van der Waals surface area contributed by atoms with Crippen LogP contribution in [0.25, 0.3) is 5.76 Å². The number of likely N-dealkylation sites (tertiary alicyclic amines) is 1. The van der Waals surface area contributed by atoms with Gasteiger partial charge < -0.3 is 19.2 Å². The van der Waals surface area contributed by atoms with Gasteiger partial charge in [-0.2, -0.15) is 0 Å². The van der Waals surface area contributed by atoms with Crippen molar-refractivity contribution in [1.82, 2.24) is 9.88 Å². The van der Waals surface area contributed by atoms with Crippen LogP contribution in [0.2, 0.25) is 0 Å². The Morgan fingerprint density at radius 1 is 1.16 bits per heavy atom. The Morgan fingerprint density at radius 3 is 2.58 bits per heavy atom. The van der Waals surface area contributed by atoms with Gasteiger partial charge in [0, 0.05) is 11.8 Å². The number of amides is 1. The number of aromatic nitrogens is 1. The van der Waals surface area contributed by atoms with Gasteiger partial charge in [-0.15, -0.1) is 0 Å². The molecular weight excluding hydrogens is 396 g/mol. The molecule has 1 aromatic carbocycles. The summed E-state index contributed by atoms with van der Waals surface area (Å²) in [5.41, 5.74) is 1.77. The first-order chi connectivity index (χ1) is 14.9. The fourth-order valence-corrected chi connectivity index (χ4v) is 3.78. The first-order valence-corrected chi connectivity index (χ1v) is 9.80. The lowest BCUT2D eigenvalue weighted by Gasteiger charge is -2.23. The summed E-state index contributed by atoms with van der Waals surface area (Å²) < 4.78 is 11.0. The molecule has 1 unspecified atom stereocenters. The van der Waals surface area contributed by atoms with E-state index in [1.54, 1.807) is 69.6 Å². The Morgan fingerprint density at radius 2 is 1.97 bits per heavy atom. The number of Topliss-reactive ketones (excluding diaryl/α,β-unsaturated/α-hetero) is 1. The highest BCUT2D eigenvalue weighted by Crippen LogP contribution is 2.41. The van der Waals surface area contributed by atoms with E-state index in [-0.39, 0.29) is 17.9 Å². The van der Waals surface area contributed by atoms with Crippen LogP contribution in [0.5, 0.6) is 5.75 Å². The van der Waals surface area contributed by atoms with Crippen molar-refractivity contribution in [3.05, 3.63) is 88.6 Å². The van der Waals surface area contributed by atoms with E-state index in [0.29, 0.717) is 34.1 Å². The molecule has 0 saturated carbocycles. The Balaban J connectivity index is 1.86. The number of benzene rings is 1. The second-order valence-electron chi connectivity index (χ2n) is 7.38. The van der Waals surface area contributed by atoms with Gasteiger partial charge in [0.05, 0.1) is 24.9 Å². The van der Waals surface area contributed by atoms with Crippen LogP contribution in [0.4, 0.5) is 0 Å². The summed E-state index contributed by atoms with van der Waals surface area (Å²) in [5, 5.41) is 11.2. The molecule has 1 fully saturated rings. The van der Waals surface area contributed by atoms with Crippen LogP contribution in [0.1, 0.15) is 34.4 Å². The number of pyridine rings is 1. The number of ether oxygens (including phenoxy) is 1. The SMILES string of the molecule is COc1ccc(/C(O)=C2/C(=O)C(=O)N(Cc3ccccn3)C2c2ccc(C)o2)c(C)c1. The van der Waals surface area contributed by atoms with Crippen LogP contribution in [0.3, 0.4) is 0 Å². The zero-order valence-corrected chi connectivity index (χ0v) is 17.5. The molecule has 1 aliphatic rings. The van der Waals surface area contributed by atoms with E-state index in [9.17, 15) is 14.7 Å². The lowest BCUT2D eigenvalue weighted by molar-refractivity contribution is -0.140. The monoisotopic (exact) mass is 418 g/mol. The highest BCUT2D eigenvalue weighted by atomic mass is 16.5. The molecule has 1 saturated heterocycles. The van der Waals surface area contributed by atoms with E-state index < -0.39 is 17.7 Å². The quantitative estimate of drug-likeness (QED) is 0.384. The number of ketones is 1. The van der Waals surface area contributed by atoms with E-state index in [1.807, 2.05) is 6.07 Å². The van der Waals surface area contributed by atoms with E-state index in [1.165, 1.54) is 4.90 Å². The number of nitrogens with zero attached hydrogens (tertiary/aromatic N) is 2. The van der Waals surface area contributed by atoms with Gasteiger partial charge in [0.25, 0.3) is 11.7 Å². The molecule has 158 valence electrons. The summed E-state index contributed by atoms with van der Waals surface area (Å²) in [6, 6.07) is 13.1. The van der Waals surface area contributed by atoms with Crippen molar-refractivity contribution in [2.75, 3.05) is 7.11 Å². The second kappa shape index (κ2) is 8.10. The molecule has 31 heavy (non-hydrogen) atoms. The minimum absolute atomic E-state index is 0.0106. The number of furan rings is 1. The predicted octanol–water partition coefficient (Wildman–Crippen LogP) is 3.92. The number of aliphatic hydroxyl groups is 1. The van der Waals surface area contributed by atoms with Crippen molar-refractivity contribution in [2.24, 2.45) is 0 Å². The minimum Gasteiger partial charge on any atom is -0.507 e. The van der Waals surface area contributed by atoms with Gasteiger partial charge in [-0.05, 0) is 61.9 Å². The predicted molar refractivity (Wildman–Crippen MR) is 113 cm³/mol. The summed E-state index contributed by atoms with van der Waals surface area (Å²) in [5.74, 6) is -0.0524. The number of rotatable bonds is 5. The van der Waals surface area contributed by atoms with Crippen molar-refractivity contribution in [2.45, 2.75) is 26.4 Å². The average molecular weight is 418 g/mol. The topological polar surface area (TPSA) is 92.9 Å². The summed E-state index contributed by atoms with van der Waals surface area (Å²) in [4.78, 5) is 31.7. The van der Waals surface area contributed by atoms with Gasteiger partial charge >= 0.3 is 0 Å². The summed E-state index contributed by atoms with van der Waals surface area (Å²) in [6.07, 6.45) is 1.62. The summed E-state index contributed by atoms with van der Waals surface area (Å²) >= 11 is 0. The van der Waals surface area contributed by atoms with E-state index in [0.717, 1.165) is 0 Å². The molecule has 7 nitrogen and oxygen atoms in total. The Bertz CT molecular complexity index is 1180. The molecular formula is C24H22N2O5. The third kappa shape index (κ3) is 3.70. The Kier molecular flexibility index (Phi) is 5.33. The normalized spacial score (nSPS) is 17.9. The molecule has 1 amide bonds. The number of carbonyl (C=O) groups excluding carboxylic acids is 2. The fourth-order valence-electron chi connectivity index (χ4n) is 3.78. The van der Waals surface area contributed by atoms with Gasteiger partial charge in [0.2, 0.25) is 0 Å². The van der Waals surface area contributed by atoms with Crippen molar-refractivity contribution < 1.29 is 23.8 Å². The molecule has 4 rings (SSSR count). The number of hydrogen-bond acceptors (Lipinski definition) is 6. The van der Waals surface area contributed by atoms with Gasteiger partial charge in [-0.25, -0.2) is 0 Å². The van der Waals surface area contributed by atoms with Crippen LogP contribution in [-0.4, -0.2) is 33.8 Å². The molecule has 3 aromatic rings. The zero-order chi connectivity index (χ0) is 22.1. The van der Waals surface area contributed by atoms with E-state index in [4.69, 9.17) is 9.15 Å². The standard InChI is InChI=1S/C24H22N2O5/c1-14-12-17(30-3)8-9-18(14)22(27)20-21(19-10-7-15(2)31-19)26(24(29)23(20)28)13-16-6-4-5-11-25-16/h4-12,21,27H,13H2,1-3H3/b22-20-. The number of aliphatic hydroxyl groups excluding tert-OH is 1. The van der Waals surface area contributed by atoms with Gasteiger partial charge in [-0.3, -0.25) is 14.6 Å². The molecule has 0 bridgehead atoms. The lowest BCUT2D eigenvalue weighted by Crippen LogP contribution is -2.29. The first kappa shape index (κ1) is 20.4. The average Bonchev–Trinajstić information content (AvgIpc) is 3.30. The van der Waals surface area contributed by atoms with Gasteiger partial charge in [0.1, 0.15) is 29.1 Å². The smallest absolute Gasteiger partial charge is 0.296 e. The highest BCUT2D eigenvalue weighted by molar-refractivity contribution is 6.46. The van der Waals surface area contributed by atoms with Crippen molar-refractivity contribution in [1.29, 1.82) is 0 Å². The van der Waals surface area contributed by atoms with Crippen molar-refractivity contribution in [3.8, 4) is 5.75 Å². The molecule has 0 spiro atoms. The van der Waals surface area contributed by atoms with E-state index >= 15 is 0 Å². The first-order valence-electron chi connectivity index (χ1n) is 9.80. The van der Waals surface area contributed by atoms with Gasteiger partial charge in [0.15, 0.2) is 0 Å². The maximum absolute atomic E-state index is 13.0. The Hall–Kier alpha value is -3.87. The third-order valence-corrected chi connectivity index (χ3v) is 5.32. The molecule has 7 heteroatoms. The van der Waals surface area contributed by atoms with Crippen LogP contribution in [-0.2, 0) is 16.1 Å². The van der Waals surface area contributed by atoms with Crippen LogP contribution < -0.4 is 4.74 Å². The minimum atomic E-state index is -0.864. The summed E-state index contributed by atoms with van der Waals surface area (Å²) in [7, 11) is 1.55. The zero-order valence-electron chi connectivity index (χ0n) is 17.5. The highest BCUT2D eigenvalue weighted by Gasteiger charge is 2.47. The molecule has 0 aliphatic carbocycles. The third-order valence-electron chi connectivity index (χ3n) is 5.32.